The van der Waals surface area contributed by atoms with Crippen molar-refractivity contribution in [2.75, 3.05) is 13.9 Å². The van der Waals surface area contributed by atoms with Crippen LogP contribution in [0.1, 0.15) is 15.9 Å². The molecule has 0 radical (unpaired) electrons. The molecular weight excluding hydrogens is 316 g/mol. The van der Waals surface area contributed by atoms with Crippen molar-refractivity contribution >= 4 is 22.6 Å². The fourth-order valence-corrected chi connectivity index (χ4v) is 3.55. The van der Waals surface area contributed by atoms with Gasteiger partial charge >= 0.3 is 0 Å². The number of ketones is 1. The van der Waals surface area contributed by atoms with E-state index >= 15 is 0 Å². The monoisotopic (exact) mass is 330 g/mol. The SMILES string of the molecule is COC1=Cc2cccc3ccc(-c4ccc5c(c4)OCO5)c(c23)C1=O. The first-order valence-corrected chi connectivity index (χ1v) is 8.02. The number of fused-ring (bicyclic) bond motifs is 1. The van der Waals surface area contributed by atoms with Gasteiger partial charge in [0.15, 0.2) is 17.3 Å². The quantitative estimate of drug-likeness (QED) is 0.698. The van der Waals surface area contributed by atoms with Crippen LogP contribution in [0.4, 0.5) is 0 Å². The largest absolute Gasteiger partial charge is 0.493 e. The Labute approximate surface area is 144 Å². The van der Waals surface area contributed by atoms with Crippen LogP contribution in [-0.2, 0) is 4.74 Å². The topological polar surface area (TPSA) is 44.8 Å². The molecule has 25 heavy (non-hydrogen) atoms. The molecule has 0 atom stereocenters. The van der Waals surface area contributed by atoms with E-state index in [1.165, 1.54) is 7.11 Å². The van der Waals surface area contributed by atoms with Gasteiger partial charge in [0.05, 0.1) is 7.11 Å². The summed E-state index contributed by atoms with van der Waals surface area (Å²) in [5.74, 6) is 1.68. The van der Waals surface area contributed by atoms with Crippen LogP contribution in [0.2, 0.25) is 0 Å². The minimum Gasteiger partial charge on any atom is -0.493 e. The number of hydrogen-bond acceptors (Lipinski definition) is 4. The Morgan fingerprint density at radius 3 is 2.76 bits per heavy atom. The molecule has 0 fully saturated rings. The highest BCUT2D eigenvalue weighted by Gasteiger charge is 2.26. The molecule has 1 heterocycles. The minimum absolute atomic E-state index is 0.0977. The van der Waals surface area contributed by atoms with Gasteiger partial charge in [-0.3, -0.25) is 4.79 Å². The van der Waals surface area contributed by atoms with Crippen LogP contribution in [0.3, 0.4) is 0 Å². The summed E-state index contributed by atoms with van der Waals surface area (Å²) in [5, 5.41) is 2.00. The molecule has 122 valence electrons. The Kier molecular flexibility index (Phi) is 2.88. The average Bonchev–Trinajstić information content (AvgIpc) is 3.12. The molecule has 0 bridgehead atoms. The highest BCUT2D eigenvalue weighted by atomic mass is 16.7. The van der Waals surface area contributed by atoms with Crippen LogP contribution in [0.15, 0.2) is 54.3 Å². The summed E-state index contributed by atoms with van der Waals surface area (Å²) >= 11 is 0. The minimum atomic E-state index is -0.0977. The highest BCUT2D eigenvalue weighted by Crippen LogP contribution is 2.41. The number of carbonyl (C=O) groups is 1. The Balaban J connectivity index is 1.82. The third-order valence-electron chi connectivity index (χ3n) is 4.72. The van der Waals surface area contributed by atoms with Crippen LogP contribution in [0, 0.1) is 0 Å². The molecule has 3 aromatic rings. The maximum absolute atomic E-state index is 13.0. The zero-order chi connectivity index (χ0) is 17.0. The second-order valence-corrected chi connectivity index (χ2v) is 6.04. The summed E-state index contributed by atoms with van der Waals surface area (Å²) < 4.78 is 16.2. The average molecular weight is 330 g/mol. The summed E-state index contributed by atoms with van der Waals surface area (Å²) in [6.45, 7) is 0.225. The summed E-state index contributed by atoms with van der Waals surface area (Å²) in [7, 11) is 1.53. The van der Waals surface area contributed by atoms with Crippen LogP contribution >= 0.6 is 0 Å². The van der Waals surface area contributed by atoms with E-state index in [4.69, 9.17) is 14.2 Å². The van der Waals surface area contributed by atoms with E-state index in [0.29, 0.717) is 17.1 Å². The number of allylic oxidation sites excluding steroid dienone is 1. The molecule has 2 aliphatic rings. The van der Waals surface area contributed by atoms with Gasteiger partial charge in [0.2, 0.25) is 12.6 Å². The number of carbonyl (C=O) groups excluding carboxylic acids is 1. The second kappa shape index (κ2) is 5.11. The smallest absolute Gasteiger partial charge is 0.231 e. The normalized spacial score (nSPS) is 14.6. The molecule has 3 aromatic carbocycles. The van der Waals surface area contributed by atoms with Gasteiger partial charge < -0.3 is 14.2 Å². The van der Waals surface area contributed by atoms with Crippen molar-refractivity contribution in [2.24, 2.45) is 0 Å². The van der Waals surface area contributed by atoms with Crippen molar-refractivity contribution in [3.05, 3.63) is 65.4 Å². The number of ether oxygens (including phenoxy) is 3. The number of methoxy groups -OCH3 is 1. The first-order valence-electron chi connectivity index (χ1n) is 8.02. The zero-order valence-corrected chi connectivity index (χ0v) is 13.5. The van der Waals surface area contributed by atoms with Gasteiger partial charge in [0.25, 0.3) is 0 Å². The van der Waals surface area contributed by atoms with E-state index < -0.39 is 0 Å². The first-order chi connectivity index (χ1) is 12.3. The van der Waals surface area contributed by atoms with Crippen LogP contribution in [0.5, 0.6) is 11.5 Å². The lowest BCUT2D eigenvalue weighted by Gasteiger charge is -2.19. The summed E-state index contributed by atoms with van der Waals surface area (Å²) in [4.78, 5) is 13.0. The van der Waals surface area contributed by atoms with Gasteiger partial charge in [0, 0.05) is 10.9 Å². The highest BCUT2D eigenvalue weighted by molar-refractivity contribution is 6.25. The Hall–Kier alpha value is -3.27. The first kappa shape index (κ1) is 14.1. The van der Waals surface area contributed by atoms with E-state index in [1.54, 1.807) is 6.08 Å². The molecule has 1 aliphatic heterocycles. The zero-order valence-electron chi connectivity index (χ0n) is 13.5. The molecule has 4 nitrogen and oxygen atoms in total. The van der Waals surface area contributed by atoms with Crippen LogP contribution in [-0.4, -0.2) is 19.7 Å². The van der Waals surface area contributed by atoms with Crippen LogP contribution < -0.4 is 9.47 Å². The lowest BCUT2D eigenvalue weighted by molar-refractivity contribution is 0.0958. The molecule has 4 heteroatoms. The Morgan fingerprint density at radius 1 is 1.00 bits per heavy atom. The number of benzene rings is 3. The third-order valence-corrected chi connectivity index (χ3v) is 4.72. The van der Waals surface area contributed by atoms with Gasteiger partial charge in [0.1, 0.15) is 0 Å². The molecule has 0 N–H and O–H groups in total. The number of rotatable bonds is 2. The standard InChI is InChI=1S/C21H14O4/c1-23-18-10-14-4-2-3-12-5-7-15(20(19(12)14)21(18)22)13-6-8-16-17(9-13)25-11-24-16/h2-10H,11H2,1H3. The van der Waals surface area contributed by atoms with Gasteiger partial charge in [-0.1, -0.05) is 36.4 Å². The van der Waals surface area contributed by atoms with E-state index in [9.17, 15) is 4.79 Å². The molecule has 5 rings (SSSR count). The molecular formula is C21H14O4. The van der Waals surface area contributed by atoms with Crippen molar-refractivity contribution in [1.29, 1.82) is 0 Å². The maximum atomic E-state index is 13.0. The molecule has 0 saturated carbocycles. The maximum Gasteiger partial charge on any atom is 0.231 e. The molecule has 0 amide bonds. The van der Waals surface area contributed by atoms with Gasteiger partial charge in [-0.05, 0) is 40.3 Å². The van der Waals surface area contributed by atoms with E-state index in [2.05, 4.69) is 0 Å². The van der Waals surface area contributed by atoms with Crippen molar-refractivity contribution in [3.63, 3.8) is 0 Å². The molecule has 1 aliphatic carbocycles. The number of hydrogen-bond donors (Lipinski definition) is 0. The van der Waals surface area contributed by atoms with E-state index in [0.717, 1.165) is 33.2 Å². The van der Waals surface area contributed by atoms with E-state index in [1.807, 2.05) is 48.5 Å². The fraction of sp³-hybridized carbons (Fsp3) is 0.0952. The van der Waals surface area contributed by atoms with Gasteiger partial charge in [-0.25, -0.2) is 0 Å². The molecule has 0 spiro atoms. The summed E-state index contributed by atoms with van der Waals surface area (Å²) in [6, 6.07) is 15.8. The third kappa shape index (κ3) is 1.97. The molecule has 0 saturated heterocycles. The predicted octanol–water partition coefficient (Wildman–Crippen LogP) is 4.42. The number of Topliss-reactive ketones (excluding diaryl/α,β-unsaturated/α-hetero) is 1. The van der Waals surface area contributed by atoms with E-state index in [-0.39, 0.29) is 12.6 Å². The molecule has 0 unspecified atom stereocenters. The predicted molar refractivity (Wildman–Crippen MR) is 94.8 cm³/mol. The van der Waals surface area contributed by atoms with Crippen LogP contribution in [0.25, 0.3) is 28.0 Å². The molecule has 0 aromatic heterocycles. The Morgan fingerprint density at radius 2 is 1.88 bits per heavy atom. The van der Waals surface area contributed by atoms with Crippen molar-refractivity contribution in [3.8, 4) is 22.6 Å². The van der Waals surface area contributed by atoms with Gasteiger partial charge in [-0.2, -0.15) is 0 Å². The van der Waals surface area contributed by atoms with Crippen molar-refractivity contribution in [2.45, 2.75) is 0 Å². The summed E-state index contributed by atoms with van der Waals surface area (Å²) in [6.07, 6.45) is 1.81. The van der Waals surface area contributed by atoms with Crippen molar-refractivity contribution in [1.82, 2.24) is 0 Å². The lowest BCUT2D eigenvalue weighted by Crippen LogP contribution is -2.12. The summed E-state index contributed by atoms with van der Waals surface area (Å²) in [5.41, 5.74) is 3.45. The fourth-order valence-electron chi connectivity index (χ4n) is 3.55. The Bertz CT molecular complexity index is 1080. The second-order valence-electron chi connectivity index (χ2n) is 6.04. The lowest BCUT2D eigenvalue weighted by atomic mass is 9.85. The van der Waals surface area contributed by atoms with Gasteiger partial charge in [-0.15, -0.1) is 0 Å². The van der Waals surface area contributed by atoms with Crippen molar-refractivity contribution < 1.29 is 19.0 Å².